The van der Waals surface area contributed by atoms with E-state index in [9.17, 15) is 14.4 Å². The number of aromatic nitrogens is 7. The van der Waals surface area contributed by atoms with E-state index in [-0.39, 0.29) is 12.5 Å². The number of imidazole rings is 1. The third-order valence-corrected chi connectivity index (χ3v) is 5.92. The van der Waals surface area contributed by atoms with Crippen LogP contribution < -0.4 is 11.2 Å². The van der Waals surface area contributed by atoms with Gasteiger partial charge in [-0.15, -0.1) is 0 Å². The van der Waals surface area contributed by atoms with Gasteiger partial charge in [-0.25, -0.2) is 24.2 Å². The van der Waals surface area contributed by atoms with E-state index >= 15 is 0 Å². The summed E-state index contributed by atoms with van der Waals surface area (Å²) in [6, 6.07) is 5.48. The SMILES string of the molecule is CCCCn1c(=O)[nH]c(=O)c2c1nc(COC(=O)c1cnn(-c3ccccn3)c1C(C)C)n2CCC. The Kier molecular flexibility index (Phi) is 7.47. The number of carbonyl (C=O) groups is 1. The summed E-state index contributed by atoms with van der Waals surface area (Å²) in [4.78, 5) is 49.6. The van der Waals surface area contributed by atoms with E-state index in [0.717, 1.165) is 19.3 Å². The summed E-state index contributed by atoms with van der Waals surface area (Å²) in [6.45, 7) is 8.72. The molecule has 11 nitrogen and oxygen atoms in total. The van der Waals surface area contributed by atoms with E-state index in [4.69, 9.17) is 4.74 Å². The summed E-state index contributed by atoms with van der Waals surface area (Å²) in [5.41, 5.74) is 0.651. The third kappa shape index (κ3) is 4.73. The molecule has 0 atom stereocenters. The van der Waals surface area contributed by atoms with Crippen molar-refractivity contribution in [1.29, 1.82) is 0 Å². The topological polar surface area (TPSA) is 130 Å². The lowest BCUT2D eigenvalue weighted by atomic mass is 10.1. The monoisotopic (exact) mass is 493 g/mol. The fourth-order valence-electron chi connectivity index (χ4n) is 4.26. The van der Waals surface area contributed by atoms with Crippen LogP contribution in [0.3, 0.4) is 0 Å². The van der Waals surface area contributed by atoms with Gasteiger partial charge in [0.05, 0.1) is 11.9 Å². The Morgan fingerprint density at radius 2 is 1.92 bits per heavy atom. The number of hydrogen-bond donors (Lipinski definition) is 1. The van der Waals surface area contributed by atoms with Gasteiger partial charge in [-0.05, 0) is 30.9 Å². The lowest BCUT2D eigenvalue weighted by Gasteiger charge is -2.12. The minimum absolute atomic E-state index is 0.0201. The Labute approximate surface area is 207 Å². The number of carbonyl (C=O) groups excluding carboxylic acids is 1. The average molecular weight is 494 g/mol. The first-order chi connectivity index (χ1) is 17.4. The Bertz CT molecular complexity index is 1480. The molecule has 0 fully saturated rings. The number of rotatable bonds is 10. The van der Waals surface area contributed by atoms with Gasteiger partial charge in [-0.1, -0.05) is 40.2 Å². The van der Waals surface area contributed by atoms with E-state index in [1.54, 1.807) is 15.4 Å². The number of hydrogen-bond acceptors (Lipinski definition) is 7. The van der Waals surface area contributed by atoms with Gasteiger partial charge in [0.2, 0.25) is 0 Å². The molecule has 0 amide bonds. The molecule has 0 aromatic carbocycles. The van der Waals surface area contributed by atoms with Crippen LogP contribution >= 0.6 is 0 Å². The second-order valence-electron chi connectivity index (χ2n) is 8.89. The number of unbranched alkanes of at least 4 members (excludes halogenated alkanes) is 1. The fraction of sp³-hybridized carbons (Fsp3) is 0.440. The number of nitrogens with zero attached hydrogens (tertiary/aromatic N) is 6. The zero-order valence-corrected chi connectivity index (χ0v) is 21.0. The standard InChI is InChI=1S/C25H31N7O4/c1-5-7-13-31-22-21(23(33)29-25(31)35)30(12-6-2)19(28-22)15-36-24(34)17-14-27-32(20(17)16(3)4)18-10-8-9-11-26-18/h8-11,14,16H,5-7,12-13,15H2,1-4H3,(H,29,33,35). The molecule has 0 aliphatic heterocycles. The first-order valence-corrected chi connectivity index (χ1v) is 12.3. The summed E-state index contributed by atoms with van der Waals surface area (Å²) in [7, 11) is 0. The first-order valence-electron chi connectivity index (χ1n) is 12.3. The second kappa shape index (κ2) is 10.7. The van der Waals surface area contributed by atoms with Crippen LogP contribution in [0.5, 0.6) is 0 Å². The lowest BCUT2D eigenvalue weighted by molar-refractivity contribution is 0.0456. The van der Waals surface area contributed by atoms with Crippen LogP contribution in [0.1, 0.15) is 74.8 Å². The van der Waals surface area contributed by atoms with Crippen molar-refractivity contribution >= 4 is 17.1 Å². The van der Waals surface area contributed by atoms with Crippen molar-refractivity contribution in [1.82, 2.24) is 33.9 Å². The van der Waals surface area contributed by atoms with E-state index in [1.165, 1.54) is 10.8 Å². The normalized spacial score (nSPS) is 11.5. The molecular weight excluding hydrogens is 462 g/mol. The number of aromatic amines is 1. The van der Waals surface area contributed by atoms with Crippen molar-refractivity contribution in [3.63, 3.8) is 0 Å². The highest BCUT2D eigenvalue weighted by molar-refractivity contribution is 5.90. The quantitative estimate of drug-likeness (QED) is 0.336. The number of H-pyrrole nitrogens is 1. The molecule has 4 heterocycles. The Hall–Kier alpha value is -4.02. The molecule has 0 saturated heterocycles. The predicted octanol–water partition coefficient (Wildman–Crippen LogP) is 3.16. The summed E-state index contributed by atoms with van der Waals surface area (Å²) in [6.07, 6.45) is 5.53. The Morgan fingerprint density at radius 1 is 1.11 bits per heavy atom. The van der Waals surface area contributed by atoms with Crippen molar-refractivity contribution in [3.05, 3.63) is 68.5 Å². The minimum Gasteiger partial charge on any atom is -0.454 e. The highest BCUT2D eigenvalue weighted by Gasteiger charge is 2.24. The van der Waals surface area contributed by atoms with Crippen LogP contribution in [0.25, 0.3) is 17.0 Å². The van der Waals surface area contributed by atoms with Crippen LogP contribution in [0.4, 0.5) is 0 Å². The summed E-state index contributed by atoms with van der Waals surface area (Å²) < 4.78 is 10.5. The number of aryl methyl sites for hydroxylation is 2. The number of pyridine rings is 1. The fourth-order valence-corrected chi connectivity index (χ4v) is 4.26. The summed E-state index contributed by atoms with van der Waals surface area (Å²) in [5.74, 6) is 0.445. The predicted molar refractivity (Wildman–Crippen MR) is 134 cm³/mol. The number of ether oxygens (including phenoxy) is 1. The minimum atomic E-state index is -0.548. The number of nitrogens with one attached hydrogen (secondary N) is 1. The molecule has 0 aliphatic rings. The Balaban J connectivity index is 1.68. The average Bonchev–Trinajstić information content (AvgIpc) is 3.46. The molecule has 36 heavy (non-hydrogen) atoms. The molecule has 0 unspecified atom stereocenters. The van der Waals surface area contributed by atoms with Crippen LogP contribution in [-0.4, -0.2) is 39.8 Å². The van der Waals surface area contributed by atoms with E-state index in [1.807, 2.05) is 45.9 Å². The van der Waals surface area contributed by atoms with Crippen molar-refractivity contribution in [2.24, 2.45) is 0 Å². The summed E-state index contributed by atoms with van der Waals surface area (Å²) >= 11 is 0. The van der Waals surface area contributed by atoms with E-state index < -0.39 is 17.2 Å². The van der Waals surface area contributed by atoms with Crippen LogP contribution in [0, 0.1) is 0 Å². The van der Waals surface area contributed by atoms with Gasteiger partial charge in [0.15, 0.2) is 17.0 Å². The maximum absolute atomic E-state index is 13.1. The maximum atomic E-state index is 13.1. The van der Waals surface area contributed by atoms with Gasteiger partial charge in [-0.3, -0.25) is 14.3 Å². The molecule has 1 N–H and O–H groups in total. The highest BCUT2D eigenvalue weighted by Crippen LogP contribution is 2.23. The van der Waals surface area contributed by atoms with Crippen molar-refractivity contribution in [2.75, 3.05) is 0 Å². The molecule has 0 radical (unpaired) electrons. The summed E-state index contributed by atoms with van der Waals surface area (Å²) in [5, 5.41) is 4.38. The largest absolute Gasteiger partial charge is 0.454 e. The zero-order chi connectivity index (χ0) is 25.8. The highest BCUT2D eigenvalue weighted by atomic mass is 16.5. The molecule has 11 heteroatoms. The zero-order valence-electron chi connectivity index (χ0n) is 21.0. The van der Waals surface area contributed by atoms with Gasteiger partial charge in [0.25, 0.3) is 5.56 Å². The molecule has 4 rings (SSSR count). The number of fused-ring (bicyclic) bond motifs is 1. The molecule has 0 saturated carbocycles. The van der Waals surface area contributed by atoms with Crippen LogP contribution in [0.2, 0.25) is 0 Å². The molecule has 190 valence electrons. The van der Waals surface area contributed by atoms with Crippen LogP contribution in [0.15, 0.2) is 40.2 Å². The van der Waals surface area contributed by atoms with Gasteiger partial charge in [0.1, 0.15) is 18.0 Å². The molecule has 0 bridgehead atoms. The van der Waals surface area contributed by atoms with Gasteiger partial charge < -0.3 is 9.30 Å². The second-order valence-corrected chi connectivity index (χ2v) is 8.89. The molecule has 4 aromatic rings. The van der Waals surface area contributed by atoms with Crippen molar-refractivity contribution < 1.29 is 9.53 Å². The van der Waals surface area contributed by atoms with Crippen molar-refractivity contribution in [3.8, 4) is 5.82 Å². The van der Waals surface area contributed by atoms with Crippen LogP contribution in [-0.2, 0) is 24.4 Å². The smallest absolute Gasteiger partial charge is 0.342 e. The van der Waals surface area contributed by atoms with Gasteiger partial charge in [-0.2, -0.15) is 5.10 Å². The van der Waals surface area contributed by atoms with Gasteiger partial charge in [0, 0.05) is 19.3 Å². The molecule has 4 aromatic heterocycles. The maximum Gasteiger partial charge on any atom is 0.342 e. The Morgan fingerprint density at radius 3 is 2.58 bits per heavy atom. The van der Waals surface area contributed by atoms with Crippen molar-refractivity contribution in [2.45, 2.75) is 72.6 Å². The van der Waals surface area contributed by atoms with E-state index in [2.05, 4.69) is 20.1 Å². The molecule has 0 spiro atoms. The lowest BCUT2D eigenvalue weighted by Crippen LogP contribution is -2.31. The van der Waals surface area contributed by atoms with Gasteiger partial charge >= 0.3 is 11.7 Å². The van der Waals surface area contributed by atoms with E-state index in [0.29, 0.717) is 47.2 Å². The first kappa shape index (κ1) is 25.1. The molecular formula is C25H31N7O4. The third-order valence-electron chi connectivity index (χ3n) is 5.92. The molecule has 0 aliphatic carbocycles. The number of esters is 1.